The van der Waals surface area contributed by atoms with Crippen molar-refractivity contribution in [3.05, 3.63) is 55.6 Å². The Morgan fingerprint density at radius 1 is 0.909 bits per heavy atom. The first-order valence-electron chi connectivity index (χ1n) is 11.2. The molecule has 0 radical (unpaired) electrons. The number of carbonyl (C=O) groups excluding carboxylic acids is 1. The molecular formula is C26H34O7. The van der Waals surface area contributed by atoms with E-state index in [1.54, 1.807) is 6.08 Å². The summed E-state index contributed by atoms with van der Waals surface area (Å²) in [6.07, 6.45) is 3.05. The molecule has 1 unspecified atom stereocenters. The third-order valence-electron chi connectivity index (χ3n) is 5.79. The Hall–Kier alpha value is -3.22. The van der Waals surface area contributed by atoms with Gasteiger partial charge in [0.05, 0.1) is 5.56 Å². The average Bonchev–Trinajstić information content (AvgIpc) is 2.66. The number of Topliss-reactive ketones (excluding diaryl/α,β-unsaturated/α-hetero) is 1. The molecule has 0 aliphatic carbocycles. The topological polar surface area (TPSA) is 128 Å². The fourth-order valence-corrected chi connectivity index (χ4v) is 4.16. The highest BCUT2D eigenvalue weighted by Crippen LogP contribution is 2.49. The maximum atomic E-state index is 12.9. The minimum absolute atomic E-state index is 0.0524. The quantitative estimate of drug-likeness (QED) is 0.308. The lowest BCUT2D eigenvalue weighted by Gasteiger charge is -2.23. The number of hydrogen-bond donors (Lipinski definition) is 4. The van der Waals surface area contributed by atoms with Crippen LogP contribution in [0.5, 0.6) is 23.0 Å². The molecule has 4 N–H and O–H groups in total. The molecule has 0 spiro atoms. The minimum atomic E-state index is -1.03. The zero-order valence-corrected chi connectivity index (χ0v) is 20.4. The van der Waals surface area contributed by atoms with Crippen molar-refractivity contribution in [1.29, 1.82) is 0 Å². The third kappa shape index (κ3) is 4.92. The number of rotatable bonds is 8. The van der Waals surface area contributed by atoms with E-state index in [-0.39, 0.29) is 40.3 Å². The summed E-state index contributed by atoms with van der Waals surface area (Å²) in [5.41, 5.74) is 0.0852. The number of aromatic hydroxyl groups is 4. The zero-order valence-electron chi connectivity index (χ0n) is 20.4. The Bertz CT molecular complexity index is 1150. The number of phenols is 3. The molecule has 1 heterocycles. The van der Waals surface area contributed by atoms with Crippen LogP contribution in [0.25, 0.3) is 0 Å². The van der Waals surface area contributed by atoms with Gasteiger partial charge in [0.1, 0.15) is 34.3 Å². The molecule has 0 aliphatic rings. The van der Waals surface area contributed by atoms with Gasteiger partial charge in [-0.15, -0.1) is 0 Å². The predicted molar refractivity (Wildman–Crippen MR) is 127 cm³/mol. The number of benzene rings is 1. The number of carbonyl (C=O) groups is 1. The fourth-order valence-electron chi connectivity index (χ4n) is 4.16. The van der Waals surface area contributed by atoms with Crippen molar-refractivity contribution in [2.45, 2.75) is 79.6 Å². The Morgan fingerprint density at radius 3 is 2.00 bits per heavy atom. The molecule has 7 nitrogen and oxygen atoms in total. The maximum absolute atomic E-state index is 12.9. The van der Waals surface area contributed by atoms with E-state index in [2.05, 4.69) is 0 Å². The van der Waals surface area contributed by atoms with E-state index < -0.39 is 34.6 Å². The van der Waals surface area contributed by atoms with Gasteiger partial charge in [0, 0.05) is 29.0 Å². The van der Waals surface area contributed by atoms with Gasteiger partial charge in [0.25, 0.3) is 0 Å². The van der Waals surface area contributed by atoms with Gasteiger partial charge in [-0.2, -0.15) is 0 Å². The Morgan fingerprint density at radius 2 is 1.52 bits per heavy atom. The monoisotopic (exact) mass is 458 g/mol. The number of ketones is 1. The summed E-state index contributed by atoms with van der Waals surface area (Å²) in [4.78, 5) is 25.2. The molecule has 1 atom stereocenters. The van der Waals surface area contributed by atoms with Crippen molar-refractivity contribution < 1.29 is 29.6 Å². The first kappa shape index (κ1) is 26.0. The highest BCUT2D eigenvalue weighted by atomic mass is 16.4. The zero-order chi connectivity index (χ0) is 25.2. The maximum Gasteiger partial charge on any atom is 0.343 e. The van der Waals surface area contributed by atoms with Crippen LogP contribution in [0.1, 0.15) is 105 Å². The van der Waals surface area contributed by atoms with Gasteiger partial charge in [-0.05, 0) is 39.5 Å². The van der Waals surface area contributed by atoms with E-state index in [0.717, 1.165) is 5.57 Å². The van der Waals surface area contributed by atoms with Crippen LogP contribution in [-0.2, 0) is 12.8 Å². The summed E-state index contributed by atoms with van der Waals surface area (Å²) in [6.45, 7) is 12.1. The van der Waals surface area contributed by atoms with E-state index in [4.69, 9.17) is 4.42 Å². The predicted octanol–water partition coefficient (Wildman–Crippen LogP) is 5.40. The van der Waals surface area contributed by atoms with Crippen molar-refractivity contribution in [1.82, 2.24) is 0 Å². The van der Waals surface area contributed by atoms with Crippen LogP contribution in [-0.4, -0.2) is 26.2 Å². The largest absolute Gasteiger partial charge is 0.507 e. The second-order valence-corrected chi connectivity index (χ2v) is 8.97. The molecule has 0 bridgehead atoms. The van der Waals surface area contributed by atoms with Gasteiger partial charge in [0.15, 0.2) is 5.78 Å². The van der Waals surface area contributed by atoms with Crippen LogP contribution in [0, 0.1) is 0 Å². The first-order valence-corrected chi connectivity index (χ1v) is 11.2. The molecule has 1 aromatic heterocycles. The molecule has 0 saturated carbocycles. The van der Waals surface area contributed by atoms with E-state index in [9.17, 15) is 30.0 Å². The first-order chi connectivity index (χ1) is 15.3. The fraction of sp³-hybridized carbons (Fsp3) is 0.462. The van der Waals surface area contributed by atoms with E-state index in [1.165, 1.54) is 13.8 Å². The molecule has 33 heavy (non-hydrogen) atoms. The van der Waals surface area contributed by atoms with Crippen molar-refractivity contribution in [3.63, 3.8) is 0 Å². The Labute approximate surface area is 194 Å². The van der Waals surface area contributed by atoms with Crippen LogP contribution in [0.4, 0.5) is 0 Å². The van der Waals surface area contributed by atoms with Crippen molar-refractivity contribution in [2.75, 3.05) is 0 Å². The van der Waals surface area contributed by atoms with Crippen LogP contribution in [0.3, 0.4) is 0 Å². The number of phenolic OH excluding ortho intramolecular Hbond substituents is 3. The van der Waals surface area contributed by atoms with Crippen molar-refractivity contribution in [2.24, 2.45) is 0 Å². The van der Waals surface area contributed by atoms with Crippen molar-refractivity contribution in [3.8, 4) is 23.0 Å². The molecular weight excluding hydrogens is 424 g/mol. The highest BCUT2D eigenvalue weighted by Gasteiger charge is 2.33. The molecule has 7 heteroatoms. The van der Waals surface area contributed by atoms with Crippen molar-refractivity contribution >= 4 is 5.78 Å². The van der Waals surface area contributed by atoms with Gasteiger partial charge >= 0.3 is 5.63 Å². The normalized spacial score (nSPS) is 12.1. The third-order valence-corrected chi connectivity index (χ3v) is 5.79. The molecule has 0 amide bonds. The summed E-state index contributed by atoms with van der Waals surface area (Å²) in [7, 11) is 0. The number of aryl methyl sites for hydroxylation is 1. The van der Waals surface area contributed by atoms with Gasteiger partial charge in [-0.25, -0.2) is 4.79 Å². The molecule has 0 fully saturated rings. The SMILES string of the molecule is CCCc1oc(=O)c(C(C)c2c(O)c(CC=C(C)C)c(O)c(C(C)=O)c2O)c(O)c1C(C)C. The highest BCUT2D eigenvalue weighted by molar-refractivity contribution is 6.01. The lowest BCUT2D eigenvalue weighted by molar-refractivity contribution is 0.101. The number of allylic oxidation sites excluding steroid dienone is 2. The lowest BCUT2D eigenvalue weighted by Crippen LogP contribution is -2.17. The molecule has 180 valence electrons. The molecule has 0 aliphatic heterocycles. The van der Waals surface area contributed by atoms with E-state index >= 15 is 0 Å². The second kappa shape index (κ2) is 10.1. The summed E-state index contributed by atoms with van der Waals surface area (Å²) in [5.74, 6) is -3.21. The lowest BCUT2D eigenvalue weighted by atomic mass is 9.85. The molecule has 1 aromatic carbocycles. The second-order valence-electron chi connectivity index (χ2n) is 8.97. The standard InChI is InChI=1S/C26H34O7/c1-8-9-17-18(13(4)5)24(30)20(26(32)33-17)14(6)19-22(28)16(11-10-12(2)3)23(29)21(15(7)27)25(19)31/h10,13-14,28-31H,8-9,11H2,1-7H3. The average molecular weight is 459 g/mol. The summed E-state index contributed by atoms with van der Waals surface area (Å²) in [5, 5.41) is 43.6. The molecule has 2 rings (SSSR count). The van der Waals surface area contributed by atoms with Crippen LogP contribution in [0.2, 0.25) is 0 Å². The molecule has 2 aromatic rings. The number of hydrogen-bond acceptors (Lipinski definition) is 7. The Balaban J connectivity index is 2.90. The van der Waals surface area contributed by atoms with Gasteiger partial charge in [0.2, 0.25) is 0 Å². The van der Waals surface area contributed by atoms with E-state index in [1.807, 2.05) is 34.6 Å². The van der Waals surface area contributed by atoms with Gasteiger partial charge < -0.3 is 24.8 Å². The smallest absolute Gasteiger partial charge is 0.343 e. The Kier molecular flexibility index (Phi) is 8.01. The minimum Gasteiger partial charge on any atom is -0.507 e. The summed E-state index contributed by atoms with van der Waals surface area (Å²) < 4.78 is 5.55. The van der Waals surface area contributed by atoms with Crippen LogP contribution >= 0.6 is 0 Å². The van der Waals surface area contributed by atoms with E-state index in [0.29, 0.717) is 24.2 Å². The molecule has 0 saturated heterocycles. The van der Waals surface area contributed by atoms with Crippen LogP contribution in [0.15, 0.2) is 20.9 Å². The summed E-state index contributed by atoms with van der Waals surface area (Å²) >= 11 is 0. The van der Waals surface area contributed by atoms with Gasteiger partial charge in [-0.3, -0.25) is 4.79 Å². The van der Waals surface area contributed by atoms with Crippen LogP contribution < -0.4 is 5.63 Å². The summed E-state index contributed by atoms with van der Waals surface area (Å²) in [6, 6.07) is 0. The van der Waals surface area contributed by atoms with Gasteiger partial charge in [-0.1, -0.05) is 39.3 Å².